The zero-order valence-corrected chi connectivity index (χ0v) is 19.3. The number of fused-ring (bicyclic) bond motifs is 1. The van der Waals surface area contributed by atoms with Crippen LogP contribution in [-0.4, -0.2) is 48.7 Å². The van der Waals surface area contributed by atoms with E-state index in [4.69, 9.17) is 4.98 Å². The highest BCUT2D eigenvalue weighted by atomic mass is 32.2. The SMILES string of the molecule is CCc1ccc2nc(N(CCN(C)C)C(=O)CCSc3ccc(C)cc3)sc2c1. The number of nitrogens with zero attached hydrogens (tertiary/aromatic N) is 3. The molecule has 1 amide bonds. The second-order valence-corrected chi connectivity index (χ2v) is 9.59. The van der Waals surface area contributed by atoms with Crippen LogP contribution >= 0.6 is 23.1 Å². The van der Waals surface area contributed by atoms with E-state index in [0.29, 0.717) is 13.0 Å². The highest BCUT2D eigenvalue weighted by Gasteiger charge is 2.20. The topological polar surface area (TPSA) is 36.4 Å². The number of hydrogen-bond donors (Lipinski definition) is 0. The van der Waals surface area contributed by atoms with Gasteiger partial charge in [-0.05, 0) is 57.3 Å². The van der Waals surface area contributed by atoms with Crippen molar-refractivity contribution in [2.45, 2.75) is 31.6 Å². The van der Waals surface area contributed by atoms with Crippen molar-refractivity contribution in [3.05, 3.63) is 53.6 Å². The molecular formula is C23H29N3OS2. The quantitative estimate of drug-likeness (QED) is 0.437. The lowest BCUT2D eigenvalue weighted by atomic mass is 10.2. The van der Waals surface area contributed by atoms with E-state index >= 15 is 0 Å². The van der Waals surface area contributed by atoms with Crippen LogP contribution in [0.2, 0.25) is 0 Å². The number of carbonyl (C=O) groups is 1. The van der Waals surface area contributed by atoms with Crippen LogP contribution in [0.25, 0.3) is 10.2 Å². The molecule has 4 nitrogen and oxygen atoms in total. The van der Waals surface area contributed by atoms with Crippen molar-refractivity contribution in [3.63, 3.8) is 0 Å². The van der Waals surface area contributed by atoms with E-state index in [9.17, 15) is 4.79 Å². The molecule has 0 fully saturated rings. The number of benzene rings is 2. The first kappa shape index (κ1) is 21.8. The van der Waals surface area contributed by atoms with Crippen LogP contribution in [0.1, 0.15) is 24.5 Å². The van der Waals surface area contributed by atoms with Gasteiger partial charge in [0.05, 0.1) is 10.2 Å². The van der Waals surface area contributed by atoms with Crippen LogP contribution in [0.4, 0.5) is 5.13 Å². The Kier molecular flexibility index (Phi) is 7.70. The predicted octanol–water partition coefficient (Wildman–Crippen LogP) is 5.24. The predicted molar refractivity (Wildman–Crippen MR) is 126 cm³/mol. The van der Waals surface area contributed by atoms with Gasteiger partial charge in [-0.2, -0.15) is 0 Å². The Morgan fingerprint density at radius 3 is 2.55 bits per heavy atom. The summed E-state index contributed by atoms with van der Waals surface area (Å²) < 4.78 is 1.15. The van der Waals surface area contributed by atoms with Gasteiger partial charge in [0.1, 0.15) is 0 Å². The molecule has 2 aromatic carbocycles. The van der Waals surface area contributed by atoms with E-state index in [1.165, 1.54) is 16.0 Å². The molecule has 0 saturated heterocycles. The van der Waals surface area contributed by atoms with E-state index in [1.807, 2.05) is 19.0 Å². The molecule has 29 heavy (non-hydrogen) atoms. The minimum absolute atomic E-state index is 0.140. The van der Waals surface area contributed by atoms with Gasteiger partial charge in [0.2, 0.25) is 5.91 Å². The summed E-state index contributed by atoms with van der Waals surface area (Å²) in [5, 5.41) is 0.806. The summed E-state index contributed by atoms with van der Waals surface area (Å²) in [5.74, 6) is 0.909. The van der Waals surface area contributed by atoms with Crippen molar-refractivity contribution in [2.24, 2.45) is 0 Å². The number of hydrogen-bond acceptors (Lipinski definition) is 5. The fourth-order valence-corrected chi connectivity index (χ4v) is 4.86. The molecule has 1 aromatic heterocycles. The van der Waals surface area contributed by atoms with Crippen LogP contribution in [0, 0.1) is 6.92 Å². The standard InChI is InChI=1S/C23H29N3OS2/c1-5-18-8-11-20-21(16-18)29-23(24-20)26(14-13-25(3)4)22(27)12-15-28-19-9-6-17(2)7-10-19/h6-11,16H,5,12-15H2,1-4H3. The molecule has 0 saturated carbocycles. The van der Waals surface area contributed by atoms with Crippen molar-refractivity contribution in [2.75, 3.05) is 37.8 Å². The Hall–Kier alpha value is -1.89. The first-order valence-electron chi connectivity index (χ1n) is 10.0. The molecule has 0 aliphatic rings. The molecule has 154 valence electrons. The lowest BCUT2D eigenvalue weighted by molar-refractivity contribution is -0.118. The Balaban J connectivity index is 1.71. The van der Waals surface area contributed by atoms with Crippen molar-refractivity contribution in [1.29, 1.82) is 0 Å². The first-order valence-corrected chi connectivity index (χ1v) is 11.8. The maximum absolute atomic E-state index is 13.1. The molecule has 0 bridgehead atoms. The Labute approximate surface area is 181 Å². The van der Waals surface area contributed by atoms with E-state index in [1.54, 1.807) is 23.1 Å². The van der Waals surface area contributed by atoms with Crippen LogP contribution < -0.4 is 4.90 Å². The summed E-state index contributed by atoms with van der Waals surface area (Å²) in [7, 11) is 4.06. The number of anilines is 1. The normalized spacial score (nSPS) is 11.3. The molecule has 0 aliphatic carbocycles. The number of rotatable bonds is 9. The van der Waals surface area contributed by atoms with E-state index in [-0.39, 0.29) is 5.91 Å². The molecule has 0 spiro atoms. The van der Waals surface area contributed by atoms with Gasteiger partial charge in [-0.25, -0.2) is 4.98 Å². The van der Waals surface area contributed by atoms with Crippen molar-refractivity contribution >= 4 is 44.4 Å². The summed E-state index contributed by atoms with van der Waals surface area (Å²) in [6.07, 6.45) is 1.50. The average molecular weight is 428 g/mol. The molecule has 0 unspecified atom stereocenters. The smallest absolute Gasteiger partial charge is 0.229 e. The zero-order chi connectivity index (χ0) is 20.8. The highest BCUT2D eigenvalue weighted by Crippen LogP contribution is 2.30. The molecule has 6 heteroatoms. The van der Waals surface area contributed by atoms with Gasteiger partial charge in [0.15, 0.2) is 5.13 Å². The minimum Gasteiger partial charge on any atom is -0.308 e. The number of thiazole rings is 1. The Morgan fingerprint density at radius 2 is 1.86 bits per heavy atom. The summed E-state index contributed by atoms with van der Waals surface area (Å²) in [6, 6.07) is 14.8. The highest BCUT2D eigenvalue weighted by molar-refractivity contribution is 7.99. The first-order chi connectivity index (χ1) is 14.0. The van der Waals surface area contributed by atoms with E-state index in [2.05, 4.69) is 61.2 Å². The van der Waals surface area contributed by atoms with Gasteiger partial charge < -0.3 is 4.90 Å². The largest absolute Gasteiger partial charge is 0.308 e. The zero-order valence-electron chi connectivity index (χ0n) is 17.6. The molecule has 0 aliphatic heterocycles. The summed E-state index contributed by atoms with van der Waals surface area (Å²) in [4.78, 5) is 23.0. The second-order valence-electron chi connectivity index (χ2n) is 7.41. The van der Waals surface area contributed by atoms with Crippen molar-refractivity contribution < 1.29 is 4.79 Å². The maximum atomic E-state index is 13.1. The molecule has 0 radical (unpaired) electrons. The molecule has 3 rings (SSSR count). The molecule has 0 atom stereocenters. The number of aryl methyl sites for hydroxylation is 2. The van der Waals surface area contributed by atoms with Crippen molar-refractivity contribution in [3.8, 4) is 0 Å². The van der Waals surface area contributed by atoms with Gasteiger partial charge in [0.25, 0.3) is 0 Å². The van der Waals surface area contributed by atoms with Gasteiger partial charge in [-0.1, -0.05) is 42.0 Å². The van der Waals surface area contributed by atoms with Crippen LogP contribution in [0.15, 0.2) is 47.4 Å². The van der Waals surface area contributed by atoms with Gasteiger partial charge >= 0.3 is 0 Å². The third-order valence-corrected chi connectivity index (χ3v) is 6.81. The van der Waals surface area contributed by atoms with Crippen LogP contribution in [-0.2, 0) is 11.2 Å². The molecule has 3 aromatic rings. The number of amides is 1. The minimum atomic E-state index is 0.140. The van der Waals surface area contributed by atoms with Gasteiger partial charge in [0, 0.05) is 30.2 Å². The summed E-state index contributed by atoms with van der Waals surface area (Å²) in [5.41, 5.74) is 3.52. The molecule has 0 N–H and O–H groups in total. The fourth-order valence-electron chi connectivity index (χ4n) is 2.94. The van der Waals surface area contributed by atoms with E-state index < -0.39 is 0 Å². The number of thioether (sulfide) groups is 1. The lowest BCUT2D eigenvalue weighted by Crippen LogP contribution is -2.36. The maximum Gasteiger partial charge on any atom is 0.229 e. The Bertz CT molecular complexity index is 950. The molecule has 1 heterocycles. The average Bonchev–Trinajstić information content (AvgIpc) is 3.12. The van der Waals surface area contributed by atoms with Crippen molar-refractivity contribution in [1.82, 2.24) is 9.88 Å². The fraction of sp³-hybridized carbons (Fsp3) is 0.391. The van der Waals surface area contributed by atoms with E-state index in [0.717, 1.165) is 34.1 Å². The molecular weight excluding hydrogens is 398 g/mol. The monoisotopic (exact) mass is 427 g/mol. The van der Waals surface area contributed by atoms with Gasteiger partial charge in [-0.3, -0.25) is 9.69 Å². The van der Waals surface area contributed by atoms with Crippen LogP contribution in [0.5, 0.6) is 0 Å². The third-order valence-electron chi connectivity index (χ3n) is 4.76. The Morgan fingerprint density at radius 1 is 1.10 bits per heavy atom. The number of carbonyl (C=O) groups excluding carboxylic acids is 1. The number of likely N-dealkylation sites (N-methyl/N-ethyl adjacent to an activating group) is 1. The van der Waals surface area contributed by atoms with Crippen LogP contribution in [0.3, 0.4) is 0 Å². The number of aromatic nitrogens is 1. The van der Waals surface area contributed by atoms with Gasteiger partial charge in [-0.15, -0.1) is 11.8 Å². The summed E-state index contributed by atoms with van der Waals surface area (Å²) >= 11 is 3.34. The lowest BCUT2D eigenvalue weighted by Gasteiger charge is -2.22. The third kappa shape index (κ3) is 6.04. The second kappa shape index (κ2) is 10.2. The summed E-state index contributed by atoms with van der Waals surface area (Å²) in [6.45, 7) is 5.71.